The van der Waals surface area contributed by atoms with Gasteiger partial charge < -0.3 is 24.9 Å². The van der Waals surface area contributed by atoms with Gasteiger partial charge in [0.15, 0.2) is 11.5 Å². The lowest BCUT2D eigenvalue weighted by molar-refractivity contribution is -0.131. The summed E-state index contributed by atoms with van der Waals surface area (Å²) in [6.07, 6.45) is -0.765. The molecular weight excluding hydrogens is 386 g/mol. The van der Waals surface area contributed by atoms with Crippen LogP contribution in [0.1, 0.15) is 31.9 Å². The van der Waals surface area contributed by atoms with Crippen molar-refractivity contribution in [3.63, 3.8) is 0 Å². The molecule has 2 aromatic carbocycles. The van der Waals surface area contributed by atoms with Crippen LogP contribution in [0.5, 0.6) is 11.5 Å². The summed E-state index contributed by atoms with van der Waals surface area (Å²) in [5.74, 6) is 0.796. The van der Waals surface area contributed by atoms with Crippen LogP contribution in [0.2, 0.25) is 0 Å². The fourth-order valence-electron chi connectivity index (χ4n) is 2.58. The van der Waals surface area contributed by atoms with Crippen LogP contribution in [-0.4, -0.2) is 37.8 Å². The Hall–Kier alpha value is -3.55. The third kappa shape index (κ3) is 6.51. The first kappa shape index (κ1) is 22.7. The van der Waals surface area contributed by atoms with E-state index >= 15 is 0 Å². The van der Waals surface area contributed by atoms with E-state index in [1.807, 2.05) is 18.2 Å². The van der Waals surface area contributed by atoms with Crippen LogP contribution in [0, 0.1) is 0 Å². The summed E-state index contributed by atoms with van der Waals surface area (Å²) in [5.41, 5.74) is 3.00. The van der Waals surface area contributed by atoms with E-state index in [2.05, 4.69) is 15.8 Å². The van der Waals surface area contributed by atoms with Crippen LogP contribution in [-0.2, 0) is 21.0 Å². The van der Waals surface area contributed by atoms with Crippen LogP contribution in [0.15, 0.2) is 47.6 Å². The number of nitrogens with one attached hydrogen (secondary N) is 2. The standard InChI is InChI=1S/C22H27N3O5/c1-14(18-7-9-19(10-8-18)24-16(3)26)25-30-15(2)22(27)23-13-17-6-11-20(28-4)21(12-17)29-5/h6-12,15H,13H2,1-5H3,(H,23,27)(H,24,26)/b25-14+. The first-order chi connectivity index (χ1) is 14.3. The van der Waals surface area contributed by atoms with Crippen molar-refractivity contribution in [3.05, 3.63) is 53.6 Å². The van der Waals surface area contributed by atoms with E-state index in [0.717, 1.165) is 11.1 Å². The van der Waals surface area contributed by atoms with E-state index in [1.165, 1.54) is 6.92 Å². The van der Waals surface area contributed by atoms with Crippen LogP contribution in [0.4, 0.5) is 5.69 Å². The number of benzene rings is 2. The summed E-state index contributed by atoms with van der Waals surface area (Å²) in [7, 11) is 3.13. The molecule has 0 aliphatic heterocycles. The molecule has 0 saturated heterocycles. The third-order valence-corrected chi connectivity index (χ3v) is 4.25. The molecular formula is C22H27N3O5. The molecule has 0 fully saturated rings. The maximum absolute atomic E-state index is 12.3. The van der Waals surface area contributed by atoms with Gasteiger partial charge in [0.25, 0.3) is 5.91 Å². The van der Waals surface area contributed by atoms with Crippen LogP contribution in [0.25, 0.3) is 0 Å². The molecule has 0 heterocycles. The van der Waals surface area contributed by atoms with Crippen molar-refractivity contribution in [1.82, 2.24) is 5.32 Å². The summed E-state index contributed by atoms with van der Waals surface area (Å²) in [4.78, 5) is 28.7. The topological polar surface area (TPSA) is 98.3 Å². The van der Waals surface area contributed by atoms with E-state index in [4.69, 9.17) is 14.3 Å². The molecule has 0 aliphatic carbocycles. The Labute approximate surface area is 176 Å². The number of ether oxygens (including phenoxy) is 2. The highest BCUT2D eigenvalue weighted by atomic mass is 16.6. The Morgan fingerprint density at radius 1 is 1.00 bits per heavy atom. The van der Waals surface area contributed by atoms with Gasteiger partial charge in [-0.2, -0.15) is 0 Å². The minimum atomic E-state index is -0.765. The van der Waals surface area contributed by atoms with Crippen LogP contribution >= 0.6 is 0 Å². The molecule has 1 atom stereocenters. The second-order valence-corrected chi connectivity index (χ2v) is 6.59. The molecule has 0 aromatic heterocycles. The van der Waals surface area contributed by atoms with Crippen molar-refractivity contribution in [3.8, 4) is 11.5 Å². The minimum Gasteiger partial charge on any atom is -0.493 e. The van der Waals surface area contributed by atoms with Crippen molar-refractivity contribution in [2.45, 2.75) is 33.4 Å². The van der Waals surface area contributed by atoms with E-state index < -0.39 is 6.10 Å². The number of methoxy groups -OCH3 is 2. The van der Waals surface area contributed by atoms with Gasteiger partial charge in [-0.15, -0.1) is 0 Å². The summed E-state index contributed by atoms with van der Waals surface area (Å²) in [5, 5.41) is 9.55. The van der Waals surface area contributed by atoms with E-state index in [1.54, 1.807) is 52.3 Å². The van der Waals surface area contributed by atoms with Gasteiger partial charge >= 0.3 is 0 Å². The lowest BCUT2D eigenvalue weighted by atomic mass is 10.1. The first-order valence-corrected chi connectivity index (χ1v) is 9.41. The number of anilines is 1. The number of hydrogen-bond donors (Lipinski definition) is 2. The van der Waals surface area contributed by atoms with Gasteiger partial charge in [-0.05, 0) is 49.2 Å². The molecule has 1 unspecified atom stereocenters. The predicted molar refractivity (Wildman–Crippen MR) is 115 cm³/mol. The maximum atomic E-state index is 12.3. The van der Waals surface area contributed by atoms with Crippen molar-refractivity contribution >= 4 is 23.2 Å². The Kier molecular flexibility index (Phi) is 8.22. The van der Waals surface area contributed by atoms with Gasteiger partial charge in [-0.25, -0.2) is 0 Å². The monoisotopic (exact) mass is 413 g/mol. The summed E-state index contributed by atoms with van der Waals surface area (Å²) >= 11 is 0. The number of hydrogen-bond acceptors (Lipinski definition) is 6. The SMILES string of the molecule is COc1ccc(CNC(=O)C(C)O/N=C(\C)c2ccc(NC(C)=O)cc2)cc1OC. The first-order valence-electron chi connectivity index (χ1n) is 9.41. The number of carbonyl (C=O) groups is 2. The van der Waals surface area contributed by atoms with Crippen molar-refractivity contribution in [1.29, 1.82) is 0 Å². The Morgan fingerprint density at radius 3 is 2.27 bits per heavy atom. The molecule has 8 nitrogen and oxygen atoms in total. The highest BCUT2D eigenvalue weighted by Crippen LogP contribution is 2.27. The highest BCUT2D eigenvalue weighted by molar-refractivity contribution is 5.99. The Bertz CT molecular complexity index is 909. The zero-order valence-corrected chi connectivity index (χ0v) is 17.8. The van der Waals surface area contributed by atoms with Gasteiger partial charge in [0.2, 0.25) is 12.0 Å². The van der Waals surface area contributed by atoms with Gasteiger partial charge in [0.1, 0.15) is 0 Å². The molecule has 0 saturated carbocycles. The maximum Gasteiger partial charge on any atom is 0.263 e. The van der Waals surface area contributed by atoms with Crippen molar-refractivity contribution in [2.75, 3.05) is 19.5 Å². The van der Waals surface area contributed by atoms with Gasteiger partial charge in [0, 0.05) is 19.2 Å². The number of rotatable bonds is 9. The average Bonchev–Trinajstić information content (AvgIpc) is 2.75. The molecule has 0 radical (unpaired) electrons. The fourth-order valence-corrected chi connectivity index (χ4v) is 2.58. The summed E-state index contributed by atoms with van der Waals surface area (Å²) in [6, 6.07) is 12.6. The predicted octanol–water partition coefficient (Wildman–Crippen LogP) is 3.11. The molecule has 2 rings (SSSR count). The van der Waals surface area contributed by atoms with Gasteiger partial charge in [-0.3, -0.25) is 9.59 Å². The zero-order chi connectivity index (χ0) is 22.1. The average molecular weight is 413 g/mol. The number of nitrogens with zero attached hydrogens (tertiary/aromatic N) is 1. The fraction of sp³-hybridized carbons (Fsp3) is 0.318. The van der Waals surface area contributed by atoms with E-state index in [0.29, 0.717) is 29.4 Å². The molecule has 30 heavy (non-hydrogen) atoms. The van der Waals surface area contributed by atoms with Gasteiger partial charge in [-0.1, -0.05) is 23.4 Å². The Morgan fingerprint density at radius 2 is 1.67 bits per heavy atom. The van der Waals surface area contributed by atoms with E-state index in [9.17, 15) is 9.59 Å². The molecule has 160 valence electrons. The third-order valence-electron chi connectivity index (χ3n) is 4.25. The number of carbonyl (C=O) groups excluding carboxylic acids is 2. The Balaban J connectivity index is 1.89. The molecule has 0 bridgehead atoms. The normalized spacial score (nSPS) is 12.0. The lowest BCUT2D eigenvalue weighted by Crippen LogP contribution is -2.33. The van der Waals surface area contributed by atoms with Crippen molar-refractivity contribution in [2.24, 2.45) is 5.16 Å². The molecule has 0 spiro atoms. The largest absolute Gasteiger partial charge is 0.493 e. The lowest BCUT2D eigenvalue weighted by Gasteiger charge is -2.13. The highest BCUT2D eigenvalue weighted by Gasteiger charge is 2.14. The second kappa shape index (κ2) is 10.8. The summed E-state index contributed by atoms with van der Waals surface area (Å²) < 4.78 is 10.5. The van der Waals surface area contributed by atoms with Crippen molar-refractivity contribution < 1.29 is 23.9 Å². The quantitative estimate of drug-likeness (QED) is 0.486. The molecule has 2 amide bonds. The molecule has 0 aliphatic rings. The second-order valence-electron chi connectivity index (χ2n) is 6.59. The number of oxime groups is 1. The van der Waals surface area contributed by atoms with E-state index in [-0.39, 0.29) is 11.8 Å². The van der Waals surface area contributed by atoms with Crippen LogP contribution < -0.4 is 20.1 Å². The number of amides is 2. The molecule has 8 heteroatoms. The summed E-state index contributed by atoms with van der Waals surface area (Å²) in [6.45, 7) is 5.18. The molecule has 2 aromatic rings. The van der Waals surface area contributed by atoms with Gasteiger partial charge in [0.05, 0.1) is 19.9 Å². The zero-order valence-electron chi connectivity index (χ0n) is 17.8. The molecule has 2 N–H and O–H groups in total. The van der Waals surface area contributed by atoms with Crippen LogP contribution in [0.3, 0.4) is 0 Å². The minimum absolute atomic E-state index is 0.135. The smallest absolute Gasteiger partial charge is 0.263 e.